The van der Waals surface area contributed by atoms with Crippen LogP contribution >= 0.6 is 11.8 Å². The lowest BCUT2D eigenvalue weighted by Gasteiger charge is -2.41. The lowest BCUT2D eigenvalue weighted by molar-refractivity contribution is 0.253. The summed E-state index contributed by atoms with van der Waals surface area (Å²) < 4.78 is 26.6. The van der Waals surface area contributed by atoms with E-state index < -0.39 is 10.0 Å². The number of hydrogen-bond donors (Lipinski definition) is 2. The van der Waals surface area contributed by atoms with Crippen molar-refractivity contribution in [3.63, 3.8) is 0 Å². The molecule has 1 aromatic rings. The summed E-state index contributed by atoms with van der Waals surface area (Å²) in [5.74, 6) is 2.58. The van der Waals surface area contributed by atoms with Gasteiger partial charge < -0.3 is 10.6 Å². The summed E-state index contributed by atoms with van der Waals surface area (Å²) in [6, 6.07) is 10.6. The van der Waals surface area contributed by atoms with Crippen LogP contribution in [-0.2, 0) is 15.4 Å². The maximum absolute atomic E-state index is 12.5. The van der Waals surface area contributed by atoms with Gasteiger partial charge in [0.05, 0.1) is 12.3 Å². The van der Waals surface area contributed by atoms with Crippen molar-refractivity contribution in [3.8, 4) is 0 Å². The van der Waals surface area contributed by atoms with Gasteiger partial charge in [-0.2, -0.15) is 11.8 Å². The number of aliphatic imine (C=N–C) groups is 1. The molecule has 0 atom stereocenters. The van der Waals surface area contributed by atoms with Crippen LogP contribution in [0.1, 0.15) is 31.7 Å². The molecule has 3 rings (SSSR count). The van der Waals surface area contributed by atoms with Crippen LogP contribution in [-0.4, -0.2) is 68.7 Å². The molecule has 1 saturated heterocycles. The Labute approximate surface area is 173 Å². The summed E-state index contributed by atoms with van der Waals surface area (Å²) in [6.07, 6.45) is 3.54. The molecule has 0 amide bonds. The van der Waals surface area contributed by atoms with Gasteiger partial charge in [0.25, 0.3) is 0 Å². The highest BCUT2D eigenvalue weighted by atomic mass is 32.2. The van der Waals surface area contributed by atoms with Crippen molar-refractivity contribution < 1.29 is 8.42 Å². The van der Waals surface area contributed by atoms with E-state index in [-0.39, 0.29) is 11.2 Å². The summed E-state index contributed by atoms with van der Waals surface area (Å²) in [7, 11) is -3.20. The molecule has 2 aliphatic rings. The Kier molecular flexibility index (Phi) is 7.65. The molecule has 0 unspecified atom stereocenters. The van der Waals surface area contributed by atoms with Crippen molar-refractivity contribution in [1.29, 1.82) is 0 Å². The zero-order valence-corrected chi connectivity index (χ0v) is 18.3. The van der Waals surface area contributed by atoms with Crippen LogP contribution < -0.4 is 10.6 Å². The highest BCUT2D eigenvalue weighted by Gasteiger charge is 2.38. The second kappa shape index (κ2) is 9.98. The number of hydrogen-bond acceptors (Lipinski definition) is 4. The summed E-state index contributed by atoms with van der Waals surface area (Å²) in [5.41, 5.74) is 1.48. The minimum atomic E-state index is -3.20. The molecule has 1 saturated carbocycles. The van der Waals surface area contributed by atoms with E-state index >= 15 is 0 Å². The van der Waals surface area contributed by atoms with Gasteiger partial charge in [-0.1, -0.05) is 36.8 Å². The third-order valence-electron chi connectivity index (χ3n) is 5.60. The second-order valence-electron chi connectivity index (χ2n) is 7.45. The molecule has 6 nitrogen and oxygen atoms in total. The SMILES string of the molecule is CCNC(=NCC1(c2ccccc2)CCC1)NCCS(=O)(=O)N1CCSCC1. The minimum absolute atomic E-state index is 0.103. The Bertz CT molecular complexity index is 743. The smallest absolute Gasteiger partial charge is 0.215 e. The van der Waals surface area contributed by atoms with Crippen molar-refractivity contribution >= 4 is 27.7 Å². The van der Waals surface area contributed by atoms with E-state index in [1.54, 1.807) is 4.31 Å². The summed E-state index contributed by atoms with van der Waals surface area (Å²) in [5, 5.41) is 6.46. The summed E-state index contributed by atoms with van der Waals surface area (Å²) in [4.78, 5) is 4.80. The van der Waals surface area contributed by atoms with Crippen LogP contribution in [0.4, 0.5) is 0 Å². The Hall–Kier alpha value is -1.25. The van der Waals surface area contributed by atoms with Crippen LogP contribution in [0.15, 0.2) is 35.3 Å². The van der Waals surface area contributed by atoms with Gasteiger partial charge in [0.15, 0.2) is 5.96 Å². The molecule has 8 heteroatoms. The lowest BCUT2D eigenvalue weighted by Crippen LogP contribution is -2.45. The fraction of sp³-hybridized carbons (Fsp3) is 0.650. The van der Waals surface area contributed by atoms with E-state index in [0.717, 1.165) is 37.4 Å². The zero-order valence-electron chi connectivity index (χ0n) is 16.7. The van der Waals surface area contributed by atoms with Gasteiger partial charge in [0, 0.05) is 43.1 Å². The van der Waals surface area contributed by atoms with Crippen LogP contribution in [0.2, 0.25) is 0 Å². The van der Waals surface area contributed by atoms with Gasteiger partial charge in [-0.3, -0.25) is 4.99 Å². The maximum atomic E-state index is 12.5. The van der Waals surface area contributed by atoms with E-state index in [1.165, 1.54) is 12.0 Å². The van der Waals surface area contributed by atoms with E-state index in [1.807, 2.05) is 24.8 Å². The molecule has 1 heterocycles. The second-order valence-corrected chi connectivity index (χ2v) is 10.8. The summed E-state index contributed by atoms with van der Waals surface area (Å²) in [6.45, 7) is 5.12. The Morgan fingerprint density at radius 1 is 1.18 bits per heavy atom. The standard InChI is InChI=1S/C20H32N4O2S2/c1-2-21-19(22-11-16-28(25,26)24-12-14-27-15-13-24)23-17-20(9-6-10-20)18-7-4-3-5-8-18/h3-5,7-8H,2,6,9-17H2,1H3,(H2,21,22,23). The molecule has 1 aromatic carbocycles. The molecule has 0 radical (unpaired) electrons. The average Bonchev–Trinajstić information content (AvgIpc) is 2.68. The Balaban J connectivity index is 1.57. The highest BCUT2D eigenvalue weighted by molar-refractivity contribution is 7.99. The van der Waals surface area contributed by atoms with Gasteiger partial charge in [0.1, 0.15) is 0 Å². The van der Waals surface area contributed by atoms with Crippen molar-refractivity contribution in [2.45, 2.75) is 31.6 Å². The first-order valence-electron chi connectivity index (χ1n) is 10.2. The molecular formula is C20H32N4O2S2. The number of sulfonamides is 1. The lowest BCUT2D eigenvalue weighted by atomic mass is 9.64. The van der Waals surface area contributed by atoms with E-state index in [4.69, 9.17) is 4.99 Å². The third-order valence-corrected chi connectivity index (χ3v) is 8.41. The Morgan fingerprint density at radius 3 is 2.50 bits per heavy atom. The summed E-state index contributed by atoms with van der Waals surface area (Å²) >= 11 is 1.81. The van der Waals surface area contributed by atoms with Crippen LogP contribution in [0.3, 0.4) is 0 Å². The van der Waals surface area contributed by atoms with Gasteiger partial charge >= 0.3 is 0 Å². The van der Waals surface area contributed by atoms with Gasteiger partial charge in [-0.25, -0.2) is 12.7 Å². The maximum Gasteiger partial charge on any atom is 0.215 e. The predicted molar refractivity (Wildman–Crippen MR) is 119 cm³/mol. The molecule has 28 heavy (non-hydrogen) atoms. The third kappa shape index (κ3) is 5.42. The Morgan fingerprint density at radius 2 is 1.89 bits per heavy atom. The first kappa shape index (κ1) is 21.5. The molecule has 0 spiro atoms. The van der Waals surface area contributed by atoms with Crippen LogP contribution in [0.5, 0.6) is 0 Å². The molecule has 2 fully saturated rings. The molecule has 156 valence electrons. The zero-order chi connectivity index (χ0) is 19.9. The number of nitrogens with one attached hydrogen (secondary N) is 2. The first-order chi connectivity index (χ1) is 13.6. The largest absolute Gasteiger partial charge is 0.357 e. The number of thioether (sulfide) groups is 1. The quantitative estimate of drug-likeness (QED) is 0.494. The van der Waals surface area contributed by atoms with Crippen molar-refractivity contribution in [3.05, 3.63) is 35.9 Å². The molecule has 1 aliphatic heterocycles. The van der Waals surface area contributed by atoms with Crippen molar-refractivity contribution in [1.82, 2.24) is 14.9 Å². The van der Waals surface area contributed by atoms with Gasteiger partial charge in [-0.05, 0) is 25.3 Å². The monoisotopic (exact) mass is 424 g/mol. The minimum Gasteiger partial charge on any atom is -0.357 e. The predicted octanol–water partition coefficient (Wildman–Crippen LogP) is 2.04. The molecule has 0 aromatic heterocycles. The average molecular weight is 425 g/mol. The molecule has 0 bridgehead atoms. The number of guanidine groups is 1. The highest BCUT2D eigenvalue weighted by Crippen LogP contribution is 2.43. The number of benzene rings is 1. The van der Waals surface area contributed by atoms with Crippen molar-refractivity contribution in [2.75, 3.05) is 50.0 Å². The first-order valence-corrected chi connectivity index (χ1v) is 13.0. The van der Waals surface area contributed by atoms with Gasteiger partial charge in [0.2, 0.25) is 10.0 Å². The topological polar surface area (TPSA) is 73.8 Å². The van der Waals surface area contributed by atoms with Gasteiger partial charge in [-0.15, -0.1) is 0 Å². The fourth-order valence-corrected chi connectivity index (χ4v) is 6.25. The van der Waals surface area contributed by atoms with E-state index in [9.17, 15) is 8.42 Å². The van der Waals surface area contributed by atoms with E-state index in [2.05, 4.69) is 34.9 Å². The van der Waals surface area contributed by atoms with Crippen LogP contribution in [0, 0.1) is 0 Å². The van der Waals surface area contributed by atoms with Crippen LogP contribution in [0.25, 0.3) is 0 Å². The number of nitrogens with zero attached hydrogens (tertiary/aromatic N) is 2. The van der Waals surface area contributed by atoms with Crippen molar-refractivity contribution in [2.24, 2.45) is 4.99 Å². The molecular weight excluding hydrogens is 392 g/mol. The van der Waals surface area contributed by atoms with E-state index in [0.29, 0.717) is 25.6 Å². The number of rotatable bonds is 8. The molecule has 2 N–H and O–H groups in total. The molecule has 1 aliphatic carbocycles. The fourth-order valence-electron chi connectivity index (χ4n) is 3.76. The normalized spacial score (nSPS) is 20.4.